The van der Waals surface area contributed by atoms with Crippen molar-refractivity contribution in [2.75, 3.05) is 0 Å². The molecular formula is C45H26O. The van der Waals surface area contributed by atoms with Crippen LogP contribution in [0.25, 0.3) is 66.1 Å². The average molecular weight is 583 g/mol. The molecule has 3 aliphatic rings. The van der Waals surface area contributed by atoms with Crippen molar-refractivity contribution in [2.45, 2.75) is 5.41 Å². The van der Waals surface area contributed by atoms with E-state index in [2.05, 4.69) is 158 Å². The molecule has 1 atom stereocenters. The van der Waals surface area contributed by atoms with Gasteiger partial charge < -0.3 is 4.74 Å². The van der Waals surface area contributed by atoms with Gasteiger partial charge in [0, 0.05) is 10.9 Å². The van der Waals surface area contributed by atoms with Gasteiger partial charge in [0.25, 0.3) is 0 Å². The van der Waals surface area contributed by atoms with E-state index in [0.29, 0.717) is 0 Å². The number of fused-ring (bicyclic) bond motifs is 13. The summed E-state index contributed by atoms with van der Waals surface area (Å²) in [4.78, 5) is 0. The first-order valence-corrected chi connectivity index (χ1v) is 16.0. The summed E-state index contributed by atoms with van der Waals surface area (Å²) in [7, 11) is 0. The summed E-state index contributed by atoms with van der Waals surface area (Å²) >= 11 is 0. The third-order valence-corrected chi connectivity index (χ3v) is 10.6. The van der Waals surface area contributed by atoms with Crippen LogP contribution in [0.4, 0.5) is 0 Å². The Morgan fingerprint density at radius 2 is 0.891 bits per heavy atom. The highest BCUT2D eigenvalue weighted by Crippen LogP contribution is 2.63. The summed E-state index contributed by atoms with van der Waals surface area (Å²) in [6.45, 7) is 0. The smallest absolute Gasteiger partial charge is 0.135 e. The van der Waals surface area contributed by atoms with Gasteiger partial charge in [-0.2, -0.15) is 0 Å². The number of hydrogen-bond acceptors (Lipinski definition) is 1. The summed E-state index contributed by atoms with van der Waals surface area (Å²) in [6, 6.07) is 58.3. The van der Waals surface area contributed by atoms with Gasteiger partial charge >= 0.3 is 0 Å². The minimum atomic E-state index is -0.358. The van der Waals surface area contributed by atoms with E-state index in [1.54, 1.807) is 0 Å². The van der Waals surface area contributed by atoms with Crippen molar-refractivity contribution in [2.24, 2.45) is 0 Å². The van der Waals surface area contributed by atoms with Gasteiger partial charge in [-0.15, -0.1) is 0 Å². The lowest BCUT2D eigenvalue weighted by atomic mass is 9.70. The molecule has 0 fully saturated rings. The van der Waals surface area contributed by atoms with E-state index in [4.69, 9.17) is 4.74 Å². The quantitative estimate of drug-likeness (QED) is 0.187. The minimum Gasteiger partial charge on any atom is -0.456 e. The van der Waals surface area contributed by atoms with Crippen LogP contribution < -0.4 is 4.74 Å². The van der Waals surface area contributed by atoms with Crippen LogP contribution >= 0.6 is 0 Å². The van der Waals surface area contributed by atoms with Crippen molar-refractivity contribution in [3.63, 3.8) is 0 Å². The fourth-order valence-corrected chi connectivity index (χ4v) is 8.75. The molecule has 2 aliphatic carbocycles. The lowest BCUT2D eigenvalue weighted by molar-refractivity contribution is 0.487. The minimum absolute atomic E-state index is 0.358. The van der Waals surface area contributed by atoms with Crippen molar-refractivity contribution < 1.29 is 4.74 Å². The zero-order valence-corrected chi connectivity index (χ0v) is 24.9. The SMILES string of the molecule is c1ccc2c(c1)-c1cc(-c3ccc4c(c3)-c3cccc5cccc(c35)O4)ccc1C21c2ccccc2-c2cc3ccccc3cc21. The molecule has 1 nitrogen and oxygen atoms in total. The maximum Gasteiger partial charge on any atom is 0.135 e. The highest BCUT2D eigenvalue weighted by atomic mass is 16.5. The molecule has 1 heterocycles. The Hall–Kier alpha value is -5.92. The van der Waals surface area contributed by atoms with Crippen molar-refractivity contribution in [1.82, 2.24) is 0 Å². The van der Waals surface area contributed by atoms with Gasteiger partial charge in [0.1, 0.15) is 11.5 Å². The maximum atomic E-state index is 6.42. The van der Waals surface area contributed by atoms with Gasteiger partial charge in [-0.1, -0.05) is 121 Å². The number of benzene rings is 8. The molecule has 8 aromatic rings. The maximum absolute atomic E-state index is 6.42. The van der Waals surface area contributed by atoms with Gasteiger partial charge in [0.2, 0.25) is 0 Å². The summed E-state index contributed by atoms with van der Waals surface area (Å²) in [5, 5.41) is 4.95. The van der Waals surface area contributed by atoms with Crippen LogP contribution in [0, 0.1) is 0 Å². The molecule has 8 aromatic carbocycles. The molecule has 0 amide bonds. The summed E-state index contributed by atoms with van der Waals surface area (Å²) in [5.41, 5.74) is 15.2. The van der Waals surface area contributed by atoms with Crippen LogP contribution in [0.1, 0.15) is 22.3 Å². The van der Waals surface area contributed by atoms with Crippen molar-refractivity contribution in [3.8, 4) is 56.0 Å². The Bertz CT molecular complexity index is 2620. The average Bonchev–Trinajstić information content (AvgIpc) is 3.57. The van der Waals surface area contributed by atoms with E-state index in [-0.39, 0.29) is 5.41 Å². The summed E-state index contributed by atoms with van der Waals surface area (Å²) in [6.07, 6.45) is 0. The standard InChI is InChI=1S/C45H26O/c1-2-10-29-26-41-36(23-28(29)9-1)33-14-4-6-17-39(33)45(41)38-16-5-3-13-32(38)35-24-30(19-21-40(35)45)31-20-22-42-37(25-31)34-15-7-11-27-12-8-18-43(46-42)44(27)34/h1-26H. The Morgan fingerprint density at radius 1 is 0.326 bits per heavy atom. The van der Waals surface area contributed by atoms with Crippen LogP contribution in [0.2, 0.25) is 0 Å². The molecular weight excluding hydrogens is 556 g/mol. The van der Waals surface area contributed by atoms with Gasteiger partial charge in [-0.05, 0) is 114 Å². The molecule has 46 heavy (non-hydrogen) atoms. The van der Waals surface area contributed by atoms with Crippen LogP contribution in [-0.2, 0) is 5.41 Å². The third kappa shape index (κ3) is 2.96. The Labute approximate surface area is 267 Å². The van der Waals surface area contributed by atoms with Gasteiger partial charge in [-0.25, -0.2) is 0 Å². The summed E-state index contributed by atoms with van der Waals surface area (Å²) < 4.78 is 6.42. The molecule has 1 heteroatoms. The fourth-order valence-electron chi connectivity index (χ4n) is 8.75. The van der Waals surface area contributed by atoms with Crippen LogP contribution in [0.5, 0.6) is 11.5 Å². The number of rotatable bonds is 1. The monoisotopic (exact) mass is 582 g/mol. The molecule has 0 radical (unpaired) electrons. The van der Waals surface area contributed by atoms with Gasteiger partial charge in [-0.3, -0.25) is 0 Å². The van der Waals surface area contributed by atoms with Gasteiger partial charge in [0.05, 0.1) is 5.41 Å². The lowest BCUT2D eigenvalue weighted by Crippen LogP contribution is -2.25. The van der Waals surface area contributed by atoms with Crippen molar-refractivity contribution >= 4 is 21.5 Å². The van der Waals surface area contributed by atoms with Crippen molar-refractivity contribution in [1.29, 1.82) is 0 Å². The predicted molar refractivity (Wildman–Crippen MR) is 189 cm³/mol. The second-order valence-electron chi connectivity index (χ2n) is 12.8. The molecule has 1 unspecified atom stereocenters. The molecule has 212 valence electrons. The first-order chi connectivity index (χ1) is 22.8. The van der Waals surface area contributed by atoms with Crippen LogP contribution in [0.3, 0.4) is 0 Å². The lowest BCUT2D eigenvalue weighted by Gasteiger charge is -2.30. The van der Waals surface area contributed by atoms with Gasteiger partial charge in [0.15, 0.2) is 0 Å². The first-order valence-electron chi connectivity index (χ1n) is 16.0. The number of ether oxygens (including phenoxy) is 1. The van der Waals surface area contributed by atoms with E-state index < -0.39 is 0 Å². The Balaban J connectivity index is 1.15. The first kappa shape index (κ1) is 24.4. The Morgan fingerprint density at radius 3 is 1.67 bits per heavy atom. The van der Waals surface area contributed by atoms with Crippen molar-refractivity contribution in [3.05, 3.63) is 180 Å². The van der Waals surface area contributed by atoms with E-state index in [1.807, 2.05) is 0 Å². The zero-order chi connectivity index (χ0) is 30.0. The zero-order valence-electron chi connectivity index (χ0n) is 24.9. The fraction of sp³-hybridized carbons (Fsp3) is 0.0222. The molecule has 0 saturated carbocycles. The highest BCUT2D eigenvalue weighted by molar-refractivity contribution is 6.05. The molecule has 1 spiro atoms. The van der Waals surface area contributed by atoms with E-state index in [1.165, 1.54) is 82.7 Å². The van der Waals surface area contributed by atoms with Crippen LogP contribution in [-0.4, -0.2) is 0 Å². The van der Waals surface area contributed by atoms with E-state index in [0.717, 1.165) is 17.1 Å². The van der Waals surface area contributed by atoms with E-state index in [9.17, 15) is 0 Å². The third-order valence-electron chi connectivity index (χ3n) is 10.6. The molecule has 0 aromatic heterocycles. The Kier molecular flexibility index (Phi) is 4.57. The largest absolute Gasteiger partial charge is 0.456 e. The number of hydrogen-bond donors (Lipinski definition) is 0. The molecule has 0 saturated heterocycles. The normalized spacial score (nSPS) is 16.1. The predicted octanol–water partition coefficient (Wildman–Crippen LogP) is 11.8. The molecule has 0 bridgehead atoms. The topological polar surface area (TPSA) is 9.23 Å². The highest BCUT2D eigenvalue weighted by Gasteiger charge is 2.51. The molecule has 1 aliphatic heterocycles. The second kappa shape index (κ2) is 8.62. The van der Waals surface area contributed by atoms with E-state index >= 15 is 0 Å². The molecule has 0 N–H and O–H groups in total. The molecule has 11 rings (SSSR count). The second-order valence-corrected chi connectivity index (χ2v) is 12.8. The van der Waals surface area contributed by atoms with Crippen LogP contribution in [0.15, 0.2) is 158 Å². The summed E-state index contributed by atoms with van der Waals surface area (Å²) in [5.74, 6) is 1.84.